The molecule has 0 bridgehead atoms. The fraction of sp³-hybridized carbons (Fsp3) is 0.235. The van der Waals surface area contributed by atoms with Gasteiger partial charge < -0.3 is 0 Å². The normalized spacial score (nSPS) is 12.2. The summed E-state index contributed by atoms with van der Waals surface area (Å²) in [5, 5.41) is 0. The molecule has 4 aromatic rings. The molecule has 0 aliphatic heterocycles. The van der Waals surface area contributed by atoms with E-state index in [-0.39, 0.29) is 0 Å². The predicted octanol–water partition coefficient (Wildman–Crippen LogP) is 8.99. The van der Waals surface area contributed by atoms with Gasteiger partial charge >= 0.3 is 0 Å². The van der Waals surface area contributed by atoms with Crippen molar-refractivity contribution in [2.24, 2.45) is 0 Å². The van der Waals surface area contributed by atoms with Crippen molar-refractivity contribution >= 4 is 0 Å². The molecule has 0 amide bonds. The third-order valence-electron chi connectivity index (χ3n) is 6.71. The van der Waals surface area contributed by atoms with Crippen LogP contribution < -0.4 is 0 Å². The lowest BCUT2D eigenvalue weighted by Crippen LogP contribution is -1.99. The first-order valence-corrected chi connectivity index (χ1v) is 12.6. The van der Waals surface area contributed by atoms with Gasteiger partial charge in [-0.05, 0) is 83.9 Å². The van der Waals surface area contributed by atoms with Gasteiger partial charge in [0.15, 0.2) is 0 Å². The molecule has 0 aliphatic carbocycles. The minimum atomic E-state index is 0.542. The zero-order valence-corrected chi connectivity index (χ0v) is 20.6. The molecule has 0 nitrogen and oxygen atoms in total. The maximum Gasteiger partial charge on any atom is -0.0150 e. The molecule has 34 heavy (non-hydrogen) atoms. The van der Waals surface area contributed by atoms with Crippen molar-refractivity contribution in [2.75, 3.05) is 0 Å². The molecule has 0 aliphatic rings. The second-order valence-electron chi connectivity index (χ2n) is 9.33. The van der Waals surface area contributed by atoms with Gasteiger partial charge in [0.25, 0.3) is 0 Å². The molecule has 0 unspecified atom stereocenters. The highest BCUT2D eigenvalue weighted by Gasteiger charge is 2.06. The van der Waals surface area contributed by atoms with Gasteiger partial charge in [-0.25, -0.2) is 0 Å². The van der Waals surface area contributed by atoms with Crippen LogP contribution in [0.4, 0.5) is 0 Å². The average molecular weight is 445 g/mol. The predicted molar refractivity (Wildman–Crippen MR) is 147 cm³/mol. The smallest absolute Gasteiger partial charge is 0.0150 e. The Morgan fingerprint density at radius 3 is 1.56 bits per heavy atom. The summed E-state index contributed by atoms with van der Waals surface area (Å²) >= 11 is 0. The van der Waals surface area contributed by atoms with Crippen molar-refractivity contribution < 1.29 is 0 Å². The highest BCUT2D eigenvalue weighted by molar-refractivity contribution is 5.64. The highest BCUT2D eigenvalue weighted by Crippen LogP contribution is 2.23. The van der Waals surface area contributed by atoms with Crippen LogP contribution in [0.5, 0.6) is 0 Å². The monoisotopic (exact) mass is 444 g/mol. The molecule has 4 aromatic carbocycles. The minimum absolute atomic E-state index is 0.542. The number of hydrogen-bond acceptors (Lipinski definition) is 0. The molecule has 0 heteroatoms. The average Bonchev–Trinajstić information content (AvgIpc) is 2.90. The van der Waals surface area contributed by atoms with Crippen LogP contribution >= 0.6 is 0 Å². The Bertz CT molecular complexity index is 1150. The zero-order chi connectivity index (χ0) is 23.6. The molecule has 0 saturated carbocycles. The summed E-state index contributed by atoms with van der Waals surface area (Å²) in [6.07, 6.45) is 9.81. The summed E-state index contributed by atoms with van der Waals surface area (Å²) in [4.78, 5) is 0. The molecule has 4 rings (SSSR count). The van der Waals surface area contributed by atoms with E-state index in [0.717, 1.165) is 32.1 Å². The van der Waals surface area contributed by atoms with Crippen molar-refractivity contribution in [3.63, 3.8) is 0 Å². The van der Waals surface area contributed by atoms with Crippen molar-refractivity contribution in [1.29, 1.82) is 0 Å². The Balaban J connectivity index is 1.28. The van der Waals surface area contributed by atoms with E-state index >= 15 is 0 Å². The topological polar surface area (TPSA) is 0 Å². The van der Waals surface area contributed by atoms with Crippen LogP contribution in [0.1, 0.15) is 54.0 Å². The number of aryl methyl sites for hydroxylation is 3. The standard InChI is InChI=1S/C34H36/c1-3-4-6-9-28-18-22-33(23-19-28)34-24-20-30(21-25-34)13-12-29-14-16-31(17-15-29)26-27(2)32-10-7-5-8-11-32/h3-5,7-8,10-11,14-25,27H,6,9,12-13,26H2,1-2H3/b4-3+/t27-/m0/s1. The van der Waals surface area contributed by atoms with E-state index in [1.807, 2.05) is 0 Å². The van der Waals surface area contributed by atoms with E-state index in [2.05, 4.69) is 129 Å². The maximum atomic E-state index is 2.31. The molecule has 0 spiro atoms. The Kier molecular flexibility index (Phi) is 8.52. The second kappa shape index (κ2) is 12.2. The van der Waals surface area contributed by atoms with Crippen LogP contribution in [-0.4, -0.2) is 0 Å². The lowest BCUT2D eigenvalue weighted by molar-refractivity contribution is 0.758. The molecular formula is C34H36. The van der Waals surface area contributed by atoms with Crippen molar-refractivity contribution in [3.05, 3.63) is 143 Å². The molecule has 0 heterocycles. The van der Waals surface area contributed by atoms with E-state index in [0.29, 0.717) is 5.92 Å². The Labute approximate surface area is 206 Å². The zero-order valence-electron chi connectivity index (χ0n) is 20.6. The molecule has 0 saturated heterocycles. The summed E-state index contributed by atoms with van der Waals surface area (Å²) < 4.78 is 0. The number of hydrogen-bond donors (Lipinski definition) is 0. The Hall–Kier alpha value is -3.38. The Morgan fingerprint density at radius 1 is 0.559 bits per heavy atom. The summed E-state index contributed by atoms with van der Waals surface area (Å²) in [5.74, 6) is 0.542. The van der Waals surface area contributed by atoms with Gasteiger partial charge in [0.2, 0.25) is 0 Å². The molecule has 0 radical (unpaired) electrons. The lowest BCUT2D eigenvalue weighted by Gasteiger charge is -2.12. The summed E-state index contributed by atoms with van der Waals surface area (Å²) in [6.45, 7) is 4.39. The largest absolute Gasteiger partial charge is 0.0917 e. The molecule has 172 valence electrons. The fourth-order valence-electron chi connectivity index (χ4n) is 4.53. The first kappa shape index (κ1) is 23.8. The SMILES string of the molecule is C/C=C/CCc1ccc(-c2ccc(CCc3ccc(C[C@H](C)c4ccccc4)cc3)cc2)cc1. The van der Waals surface area contributed by atoms with Crippen LogP contribution in [0.25, 0.3) is 11.1 Å². The van der Waals surface area contributed by atoms with Crippen molar-refractivity contribution in [1.82, 2.24) is 0 Å². The molecule has 1 atom stereocenters. The maximum absolute atomic E-state index is 2.31. The molecular weight excluding hydrogens is 408 g/mol. The van der Waals surface area contributed by atoms with E-state index in [1.54, 1.807) is 0 Å². The Morgan fingerprint density at radius 2 is 1.03 bits per heavy atom. The fourth-order valence-corrected chi connectivity index (χ4v) is 4.53. The van der Waals surface area contributed by atoms with Crippen LogP contribution in [0.2, 0.25) is 0 Å². The highest BCUT2D eigenvalue weighted by atomic mass is 14.1. The van der Waals surface area contributed by atoms with E-state index in [1.165, 1.54) is 38.9 Å². The van der Waals surface area contributed by atoms with Crippen LogP contribution in [0, 0.1) is 0 Å². The third-order valence-corrected chi connectivity index (χ3v) is 6.71. The van der Waals surface area contributed by atoms with Gasteiger partial charge in [-0.1, -0.05) is 122 Å². The van der Waals surface area contributed by atoms with Crippen LogP contribution in [-0.2, 0) is 25.7 Å². The van der Waals surface area contributed by atoms with E-state index < -0.39 is 0 Å². The van der Waals surface area contributed by atoms with Crippen LogP contribution in [0.15, 0.2) is 115 Å². The van der Waals surface area contributed by atoms with Crippen LogP contribution in [0.3, 0.4) is 0 Å². The third kappa shape index (κ3) is 6.81. The summed E-state index contributed by atoms with van der Waals surface area (Å²) in [7, 11) is 0. The van der Waals surface area contributed by atoms with E-state index in [4.69, 9.17) is 0 Å². The van der Waals surface area contributed by atoms with Crippen molar-refractivity contribution in [2.45, 2.75) is 51.9 Å². The van der Waals surface area contributed by atoms with Gasteiger partial charge in [-0.2, -0.15) is 0 Å². The summed E-state index contributed by atoms with van der Waals surface area (Å²) in [6, 6.07) is 38.1. The van der Waals surface area contributed by atoms with Gasteiger partial charge in [-0.15, -0.1) is 0 Å². The van der Waals surface area contributed by atoms with Gasteiger partial charge in [0.05, 0.1) is 0 Å². The van der Waals surface area contributed by atoms with E-state index in [9.17, 15) is 0 Å². The first-order chi connectivity index (χ1) is 16.7. The summed E-state index contributed by atoms with van der Waals surface area (Å²) in [5.41, 5.74) is 9.62. The lowest BCUT2D eigenvalue weighted by atomic mass is 9.93. The molecule has 0 fully saturated rings. The number of rotatable bonds is 10. The second-order valence-corrected chi connectivity index (χ2v) is 9.33. The van der Waals surface area contributed by atoms with Gasteiger partial charge in [-0.3, -0.25) is 0 Å². The van der Waals surface area contributed by atoms with Gasteiger partial charge in [0, 0.05) is 0 Å². The van der Waals surface area contributed by atoms with Crippen molar-refractivity contribution in [3.8, 4) is 11.1 Å². The van der Waals surface area contributed by atoms with Gasteiger partial charge in [0.1, 0.15) is 0 Å². The molecule has 0 aromatic heterocycles. The molecule has 0 N–H and O–H groups in total. The number of allylic oxidation sites excluding steroid dienone is 2. The number of benzene rings is 4. The minimum Gasteiger partial charge on any atom is -0.0917 e. The quantitative estimate of drug-likeness (QED) is 0.214. The first-order valence-electron chi connectivity index (χ1n) is 12.6.